The molecule has 0 saturated carbocycles. The predicted octanol–water partition coefficient (Wildman–Crippen LogP) is 3.31. The second-order valence-corrected chi connectivity index (χ2v) is 8.08. The zero-order chi connectivity index (χ0) is 23.5. The first-order valence-electron chi connectivity index (χ1n) is 10.8. The van der Waals surface area contributed by atoms with Crippen LogP contribution < -0.4 is 14.2 Å². The molecular formula is C25H27NO7. The van der Waals surface area contributed by atoms with Gasteiger partial charge in [-0.05, 0) is 49.7 Å². The molecule has 0 aliphatic carbocycles. The van der Waals surface area contributed by atoms with Crippen molar-refractivity contribution in [3.63, 3.8) is 0 Å². The molecule has 33 heavy (non-hydrogen) atoms. The quantitative estimate of drug-likeness (QED) is 0.390. The minimum absolute atomic E-state index is 0.00878. The zero-order valence-electron chi connectivity index (χ0n) is 18.9. The van der Waals surface area contributed by atoms with E-state index < -0.39 is 17.7 Å². The van der Waals surface area contributed by atoms with Gasteiger partial charge < -0.3 is 29.0 Å². The number of ether oxygens (including phenoxy) is 4. The van der Waals surface area contributed by atoms with Crippen LogP contribution in [0.2, 0.25) is 0 Å². The SMILES string of the molecule is COCCN1C(=O)C(=O)/C(=C(\O)c2ccc3c(c2)OCCO3)C1c1cccc(OC(C)C)c1. The van der Waals surface area contributed by atoms with Gasteiger partial charge in [0.25, 0.3) is 11.7 Å². The number of aliphatic hydroxyl groups excluding tert-OH is 1. The van der Waals surface area contributed by atoms with Crippen molar-refractivity contribution in [1.29, 1.82) is 0 Å². The summed E-state index contributed by atoms with van der Waals surface area (Å²) in [5.41, 5.74) is 1.03. The highest BCUT2D eigenvalue weighted by Crippen LogP contribution is 2.41. The van der Waals surface area contributed by atoms with Gasteiger partial charge in [-0.2, -0.15) is 0 Å². The highest BCUT2D eigenvalue weighted by molar-refractivity contribution is 6.46. The number of fused-ring (bicyclic) bond motifs is 1. The molecule has 0 bridgehead atoms. The summed E-state index contributed by atoms with van der Waals surface area (Å²) >= 11 is 0. The molecule has 2 aliphatic heterocycles. The van der Waals surface area contributed by atoms with Crippen LogP contribution in [0.5, 0.6) is 17.2 Å². The van der Waals surface area contributed by atoms with E-state index in [4.69, 9.17) is 18.9 Å². The molecule has 1 N–H and O–H groups in total. The molecule has 1 saturated heterocycles. The summed E-state index contributed by atoms with van der Waals surface area (Å²) in [7, 11) is 1.53. The molecule has 8 heteroatoms. The Labute approximate surface area is 192 Å². The summed E-state index contributed by atoms with van der Waals surface area (Å²) in [6.45, 7) is 5.10. The van der Waals surface area contributed by atoms with Gasteiger partial charge in [-0.25, -0.2) is 0 Å². The van der Waals surface area contributed by atoms with Crippen LogP contribution in [0.25, 0.3) is 5.76 Å². The Kier molecular flexibility index (Phi) is 6.55. The van der Waals surface area contributed by atoms with Gasteiger partial charge in [-0.15, -0.1) is 0 Å². The maximum Gasteiger partial charge on any atom is 0.295 e. The van der Waals surface area contributed by atoms with E-state index in [1.54, 1.807) is 36.4 Å². The average Bonchev–Trinajstić information content (AvgIpc) is 3.06. The molecule has 0 radical (unpaired) electrons. The molecule has 1 fully saturated rings. The van der Waals surface area contributed by atoms with E-state index in [9.17, 15) is 14.7 Å². The van der Waals surface area contributed by atoms with E-state index in [1.807, 2.05) is 19.9 Å². The maximum atomic E-state index is 13.1. The summed E-state index contributed by atoms with van der Waals surface area (Å²) < 4.78 is 22.1. The normalized spacial score (nSPS) is 19.3. The van der Waals surface area contributed by atoms with Crippen molar-refractivity contribution in [2.75, 3.05) is 33.5 Å². The number of hydrogen-bond donors (Lipinski definition) is 1. The van der Waals surface area contributed by atoms with Gasteiger partial charge in [0, 0.05) is 19.2 Å². The molecule has 1 unspecified atom stereocenters. The summed E-state index contributed by atoms with van der Waals surface area (Å²) in [5, 5.41) is 11.2. The fourth-order valence-corrected chi connectivity index (χ4v) is 4.02. The van der Waals surface area contributed by atoms with Crippen molar-refractivity contribution >= 4 is 17.4 Å². The van der Waals surface area contributed by atoms with E-state index in [0.717, 1.165) is 0 Å². The third-order valence-electron chi connectivity index (χ3n) is 5.44. The van der Waals surface area contributed by atoms with Gasteiger partial charge in [0.05, 0.1) is 24.3 Å². The second-order valence-electron chi connectivity index (χ2n) is 8.08. The number of amides is 1. The Morgan fingerprint density at radius 3 is 2.61 bits per heavy atom. The van der Waals surface area contributed by atoms with Crippen molar-refractivity contribution in [3.05, 3.63) is 59.2 Å². The van der Waals surface area contributed by atoms with E-state index in [-0.39, 0.29) is 30.6 Å². The third kappa shape index (κ3) is 4.52. The van der Waals surface area contributed by atoms with E-state index >= 15 is 0 Å². The van der Waals surface area contributed by atoms with Crippen LogP contribution in [0, 0.1) is 0 Å². The maximum absolute atomic E-state index is 13.1. The Morgan fingerprint density at radius 1 is 1.12 bits per heavy atom. The number of ketones is 1. The number of benzene rings is 2. The topological polar surface area (TPSA) is 94.5 Å². The molecule has 8 nitrogen and oxygen atoms in total. The fraction of sp³-hybridized carbons (Fsp3) is 0.360. The fourth-order valence-electron chi connectivity index (χ4n) is 4.02. The Morgan fingerprint density at radius 2 is 1.88 bits per heavy atom. The van der Waals surface area contributed by atoms with Crippen LogP contribution in [-0.2, 0) is 14.3 Å². The van der Waals surface area contributed by atoms with Crippen LogP contribution in [0.1, 0.15) is 31.0 Å². The minimum Gasteiger partial charge on any atom is -0.507 e. The third-order valence-corrected chi connectivity index (χ3v) is 5.44. The lowest BCUT2D eigenvalue weighted by molar-refractivity contribution is -0.140. The number of Topliss-reactive ketones (excluding diaryl/α,β-unsaturated/α-hetero) is 1. The molecule has 0 aromatic heterocycles. The molecule has 4 rings (SSSR count). The molecule has 1 atom stereocenters. The Hall–Kier alpha value is -3.52. The van der Waals surface area contributed by atoms with Crippen molar-refractivity contribution in [3.8, 4) is 17.2 Å². The van der Waals surface area contributed by atoms with E-state index in [1.165, 1.54) is 12.0 Å². The number of nitrogens with zero attached hydrogens (tertiary/aromatic N) is 1. The molecule has 2 aromatic carbocycles. The monoisotopic (exact) mass is 453 g/mol. The smallest absolute Gasteiger partial charge is 0.295 e. The van der Waals surface area contributed by atoms with Gasteiger partial charge >= 0.3 is 0 Å². The first-order chi connectivity index (χ1) is 15.9. The van der Waals surface area contributed by atoms with Gasteiger partial charge in [0.1, 0.15) is 24.7 Å². The van der Waals surface area contributed by atoms with Crippen LogP contribution in [0.4, 0.5) is 0 Å². The zero-order valence-corrected chi connectivity index (χ0v) is 18.9. The lowest BCUT2D eigenvalue weighted by Crippen LogP contribution is -2.32. The Balaban J connectivity index is 1.82. The number of methoxy groups -OCH3 is 1. The van der Waals surface area contributed by atoms with Gasteiger partial charge in [-0.3, -0.25) is 9.59 Å². The summed E-state index contributed by atoms with van der Waals surface area (Å²) in [6, 6.07) is 11.3. The molecule has 174 valence electrons. The highest BCUT2D eigenvalue weighted by Gasteiger charge is 2.46. The predicted molar refractivity (Wildman–Crippen MR) is 121 cm³/mol. The molecule has 1 amide bonds. The lowest BCUT2D eigenvalue weighted by Gasteiger charge is -2.25. The molecule has 2 heterocycles. The largest absolute Gasteiger partial charge is 0.507 e. The second kappa shape index (κ2) is 9.54. The standard InChI is InChI=1S/C25H27NO7/c1-15(2)33-18-6-4-5-16(13-18)22-21(24(28)25(29)26(22)9-10-30-3)23(27)17-7-8-19-20(14-17)32-12-11-31-19/h4-8,13-15,22,27H,9-12H2,1-3H3/b23-21-. The van der Waals surface area contributed by atoms with Crippen LogP contribution in [-0.4, -0.2) is 61.3 Å². The Bertz CT molecular complexity index is 1090. The molecular weight excluding hydrogens is 426 g/mol. The van der Waals surface area contributed by atoms with Crippen molar-refractivity contribution in [2.45, 2.75) is 26.0 Å². The first kappa shape index (κ1) is 22.7. The lowest BCUT2D eigenvalue weighted by atomic mass is 9.95. The van der Waals surface area contributed by atoms with E-state index in [0.29, 0.717) is 41.6 Å². The first-order valence-corrected chi connectivity index (χ1v) is 10.8. The van der Waals surface area contributed by atoms with Crippen LogP contribution >= 0.6 is 0 Å². The minimum atomic E-state index is -0.788. The number of carbonyl (C=O) groups is 2. The summed E-state index contributed by atoms with van der Waals surface area (Å²) in [6.07, 6.45) is -0.0437. The van der Waals surface area contributed by atoms with Crippen molar-refractivity contribution in [2.24, 2.45) is 0 Å². The summed E-state index contributed by atoms with van der Waals surface area (Å²) in [5.74, 6) is -0.0641. The number of hydrogen-bond acceptors (Lipinski definition) is 7. The number of aliphatic hydroxyl groups is 1. The summed E-state index contributed by atoms with van der Waals surface area (Å²) in [4.78, 5) is 27.4. The number of carbonyl (C=O) groups excluding carboxylic acids is 2. The van der Waals surface area contributed by atoms with Gasteiger partial charge in [0.2, 0.25) is 0 Å². The van der Waals surface area contributed by atoms with Crippen LogP contribution in [0.3, 0.4) is 0 Å². The van der Waals surface area contributed by atoms with Gasteiger partial charge in [0.15, 0.2) is 11.5 Å². The van der Waals surface area contributed by atoms with Crippen molar-refractivity contribution in [1.82, 2.24) is 4.90 Å². The molecule has 2 aromatic rings. The number of rotatable bonds is 7. The van der Waals surface area contributed by atoms with E-state index in [2.05, 4.69) is 0 Å². The van der Waals surface area contributed by atoms with Crippen LogP contribution in [0.15, 0.2) is 48.0 Å². The van der Waals surface area contributed by atoms with Gasteiger partial charge in [-0.1, -0.05) is 12.1 Å². The average molecular weight is 453 g/mol. The highest BCUT2D eigenvalue weighted by atomic mass is 16.6. The number of likely N-dealkylation sites (tertiary alicyclic amines) is 1. The molecule has 2 aliphatic rings. The van der Waals surface area contributed by atoms with Crippen molar-refractivity contribution < 1.29 is 33.6 Å². The molecule has 0 spiro atoms.